The molecule has 0 N–H and O–H groups in total. The second-order valence-electron chi connectivity index (χ2n) is 7.06. The fourth-order valence-corrected chi connectivity index (χ4v) is 3.31. The third-order valence-corrected chi connectivity index (χ3v) is 4.92. The van der Waals surface area contributed by atoms with Crippen LogP contribution in [0, 0.1) is 36.7 Å². The summed E-state index contributed by atoms with van der Waals surface area (Å²) in [6.45, 7) is 5.71. The minimum atomic E-state index is -0.631. The van der Waals surface area contributed by atoms with E-state index in [1.165, 1.54) is 18.2 Å². The van der Waals surface area contributed by atoms with Crippen molar-refractivity contribution in [3.63, 3.8) is 0 Å². The Morgan fingerprint density at radius 3 is 2.53 bits per heavy atom. The van der Waals surface area contributed by atoms with Gasteiger partial charge in [0, 0.05) is 30.4 Å². The maximum Gasteiger partial charge on any atom is 0.406 e. The van der Waals surface area contributed by atoms with Gasteiger partial charge in [-0.1, -0.05) is 12.1 Å². The van der Waals surface area contributed by atoms with Crippen molar-refractivity contribution in [3.05, 3.63) is 86.6 Å². The molecule has 0 unspecified atom stereocenters. The quantitative estimate of drug-likeness (QED) is 0.312. The summed E-state index contributed by atoms with van der Waals surface area (Å²) in [5.74, 6) is -0.994. The normalized spacial score (nSPS) is 10.8. The van der Waals surface area contributed by atoms with E-state index in [1.807, 2.05) is 18.4 Å². The Balaban J connectivity index is 1.70. The molecule has 2 heterocycles. The highest BCUT2D eigenvalue weighted by molar-refractivity contribution is 5.98. The predicted molar refractivity (Wildman–Crippen MR) is 109 cm³/mol. The SMILES string of the molecule is Cc1ccc(OCC(=O)c2cc(C)n(CCc3ccc(F)cc3)c2C)c([N+](=O)[O-])n1. The van der Waals surface area contributed by atoms with Gasteiger partial charge in [-0.25, -0.2) is 4.39 Å². The number of aryl methyl sites for hydroxylation is 3. The number of ketones is 1. The van der Waals surface area contributed by atoms with E-state index in [2.05, 4.69) is 4.98 Å². The van der Waals surface area contributed by atoms with Crippen LogP contribution in [0.3, 0.4) is 0 Å². The summed E-state index contributed by atoms with van der Waals surface area (Å²) in [4.78, 5) is 27.1. The molecule has 156 valence electrons. The van der Waals surface area contributed by atoms with Crippen molar-refractivity contribution in [1.29, 1.82) is 0 Å². The number of aromatic nitrogens is 2. The summed E-state index contributed by atoms with van der Waals surface area (Å²) in [7, 11) is 0. The van der Waals surface area contributed by atoms with Gasteiger partial charge in [-0.05, 0) is 66.1 Å². The average Bonchev–Trinajstić information content (AvgIpc) is 3.00. The van der Waals surface area contributed by atoms with Crippen LogP contribution in [0.4, 0.5) is 10.2 Å². The third-order valence-electron chi connectivity index (χ3n) is 4.92. The van der Waals surface area contributed by atoms with E-state index >= 15 is 0 Å². The monoisotopic (exact) mass is 411 g/mol. The molecule has 0 amide bonds. The van der Waals surface area contributed by atoms with E-state index in [0.717, 1.165) is 17.0 Å². The van der Waals surface area contributed by atoms with E-state index in [0.29, 0.717) is 24.2 Å². The standard InChI is InChI=1S/C22H22FN3O4/c1-14-4-9-21(22(24-14)26(28)29)30-13-20(27)19-12-15(2)25(16(19)3)11-10-17-5-7-18(23)8-6-17/h4-9,12H,10-11,13H2,1-3H3. The summed E-state index contributed by atoms with van der Waals surface area (Å²) in [5, 5.41) is 11.2. The molecule has 0 spiro atoms. The minimum absolute atomic E-state index is 0.0379. The predicted octanol–water partition coefficient (Wildman–Crippen LogP) is 4.36. The van der Waals surface area contributed by atoms with Gasteiger partial charge in [0.05, 0.1) is 0 Å². The highest BCUT2D eigenvalue weighted by Crippen LogP contribution is 2.25. The Bertz CT molecular complexity index is 1090. The molecule has 0 fully saturated rings. The van der Waals surface area contributed by atoms with Crippen LogP contribution in [-0.2, 0) is 13.0 Å². The number of hydrogen-bond acceptors (Lipinski definition) is 5. The van der Waals surface area contributed by atoms with Crippen LogP contribution < -0.4 is 4.74 Å². The molecule has 0 aliphatic rings. The number of ether oxygens (including phenoxy) is 1. The third kappa shape index (κ3) is 4.71. The number of nitrogens with zero attached hydrogens (tertiary/aromatic N) is 3. The van der Waals surface area contributed by atoms with Crippen molar-refractivity contribution in [1.82, 2.24) is 9.55 Å². The van der Waals surface area contributed by atoms with Crippen molar-refractivity contribution in [2.24, 2.45) is 0 Å². The number of rotatable bonds is 8. The van der Waals surface area contributed by atoms with Gasteiger partial charge in [-0.2, -0.15) is 0 Å². The number of carbonyl (C=O) groups excluding carboxylic acids is 1. The first kappa shape index (κ1) is 21.2. The molecule has 3 aromatic rings. The van der Waals surface area contributed by atoms with Crippen LogP contribution >= 0.6 is 0 Å². The molecule has 0 aliphatic heterocycles. The number of benzene rings is 1. The fraction of sp³-hybridized carbons (Fsp3) is 0.273. The highest BCUT2D eigenvalue weighted by Gasteiger charge is 2.21. The maximum absolute atomic E-state index is 13.1. The van der Waals surface area contributed by atoms with Gasteiger partial charge in [-0.3, -0.25) is 4.79 Å². The summed E-state index contributed by atoms with van der Waals surface area (Å²) in [6.07, 6.45) is 0.696. The first-order valence-electron chi connectivity index (χ1n) is 9.45. The van der Waals surface area contributed by atoms with Crippen LogP contribution in [0.25, 0.3) is 0 Å². The van der Waals surface area contributed by atoms with Gasteiger partial charge >= 0.3 is 5.82 Å². The van der Waals surface area contributed by atoms with Crippen LogP contribution in [-0.4, -0.2) is 26.9 Å². The van der Waals surface area contributed by atoms with E-state index in [-0.39, 0.29) is 24.0 Å². The zero-order valence-corrected chi connectivity index (χ0v) is 17.0. The summed E-state index contributed by atoms with van der Waals surface area (Å²) >= 11 is 0. The topological polar surface area (TPSA) is 87.3 Å². The molecule has 0 saturated carbocycles. The van der Waals surface area contributed by atoms with Gasteiger partial charge in [0.25, 0.3) is 0 Å². The molecule has 2 aromatic heterocycles. The van der Waals surface area contributed by atoms with Crippen LogP contribution in [0.5, 0.6) is 5.75 Å². The molecular formula is C22H22FN3O4. The Labute approximate surface area is 173 Å². The van der Waals surface area contributed by atoms with Crippen molar-refractivity contribution in [3.8, 4) is 5.75 Å². The average molecular weight is 411 g/mol. The molecule has 0 aliphatic carbocycles. The first-order valence-corrected chi connectivity index (χ1v) is 9.45. The van der Waals surface area contributed by atoms with E-state index in [9.17, 15) is 19.3 Å². The second kappa shape index (κ2) is 8.86. The summed E-state index contributed by atoms with van der Waals surface area (Å²) in [5.41, 5.74) is 3.71. The lowest BCUT2D eigenvalue weighted by atomic mass is 10.1. The van der Waals surface area contributed by atoms with Crippen molar-refractivity contribution < 1.29 is 18.8 Å². The highest BCUT2D eigenvalue weighted by atomic mass is 19.1. The molecule has 0 bridgehead atoms. The minimum Gasteiger partial charge on any atom is -0.477 e. The fourth-order valence-electron chi connectivity index (χ4n) is 3.31. The van der Waals surface area contributed by atoms with Crippen LogP contribution in [0.2, 0.25) is 0 Å². The molecule has 1 aromatic carbocycles. The molecule has 8 heteroatoms. The Morgan fingerprint density at radius 1 is 1.17 bits per heavy atom. The number of halogens is 1. The van der Waals surface area contributed by atoms with Gasteiger partial charge in [0.1, 0.15) is 11.5 Å². The number of pyridine rings is 1. The van der Waals surface area contributed by atoms with E-state index < -0.39 is 10.7 Å². The molecule has 0 atom stereocenters. The van der Waals surface area contributed by atoms with Crippen molar-refractivity contribution in [2.45, 2.75) is 33.7 Å². The number of Topliss-reactive ketones (excluding diaryl/α,β-unsaturated/α-hetero) is 1. The van der Waals surface area contributed by atoms with Gasteiger partial charge < -0.3 is 19.4 Å². The zero-order valence-electron chi connectivity index (χ0n) is 17.0. The van der Waals surface area contributed by atoms with Crippen molar-refractivity contribution in [2.75, 3.05) is 6.61 Å². The number of carbonyl (C=O) groups is 1. The smallest absolute Gasteiger partial charge is 0.406 e. The molecule has 30 heavy (non-hydrogen) atoms. The molecule has 0 radical (unpaired) electrons. The second-order valence-corrected chi connectivity index (χ2v) is 7.06. The van der Waals surface area contributed by atoms with E-state index in [1.54, 1.807) is 31.2 Å². The first-order chi connectivity index (χ1) is 14.3. The van der Waals surface area contributed by atoms with E-state index in [4.69, 9.17) is 4.74 Å². The number of nitro groups is 1. The molecule has 3 rings (SSSR count). The molecule has 7 nitrogen and oxygen atoms in total. The van der Waals surface area contributed by atoms with Gasteiger partial charge in [0.2, 0.25) is 11.5 Å². The van der Waals surface area contributed by atoms with Crippen LogP contribution in [0.15, 0.2) is 42.5 Å². The van der Waals surface area contributed by atoms with Crippen LogP contribution in [0.1, 0.15) is 33.0 Å². The van der Waals surface area contributed by atoms with Crippen molar-refractivity contribution >= 4 is 11.6 Å². The number of hydrogen-bond donors (Lipinski definition) is 0. The Hall–Kier alpha value is -3.55. The largest absolute Gasteiger partial charge is 0.477 e. The lowest BCUT2D eigenvalue weighted by molar-refractivity contribution is -0.390. The lowest BCUT2D eigenvalue weighted by Crippen LogP contribution is -2.14. The van der Waals surface area contributed by atoms with Gasteiger partial charge in [-0.15, -0.1) is 0 Å². The summed E-state index contributed by atoms with van der Waals surface area (Å²) in [6, 6.07) is 11.2. The summed E-state index contributed by atoms with van der Waals surface area (Å²) < 4.78 is 20.5. The maximum atomic E-state index is 13.1. The lowest BCUT2D eigenvalue weighted by Gasteiger charge is -2.10. The Kier molecular flexibility index (Phi) is 6.25. The molecule has 0 saturated heterocycles. The zero-order chi connectivity index (χ0) is 21.8. The van der Waals surface area contributed by atoms with Gasteiger partial charge in [0.15, 0.2) is 6.61 Å². The molecular weight excluding hydrogens is 389 g/mol. The Morgan fingerprint density at radius 2 is 1.87 bits per heavy atom.